The summed E-state index contributed by atoms with van der Waals surface area (Å²) in [5.74, 6) is -2.62. The standard InChI is InChI=1S/C45H82NO11P/c1-3-5-7-9-11-13-15-17-19-21-23-25-27-29-31-33-44(50)54-39-41(40-56-58(52,53)55-38-37-46-42(47)35-36-43(48)49)57-45(51)34-32-30-28-26-24-22-20-18-16-14-12-10-8-6-4-2/h17-20,41H,3-16,21-40H2,1-2H3,(H,46,47)(H,48,49)(H,52,53)/b19-17-,20-18-. The summed E-state index contributed by atoms with van der Waals surface area (Å²) in [5, 5.41) is 11.1. The highest BCUT2D eigenvalue weighted by Gasteiger charge is 2.26. The number of carbonyl (C=O) groups is 4. The molecule has 0 aliphatic rings. The maximum atomic E-state index is 12.7. The molecule has 0 aliphatic carbocycles. The van der Waals surface area contributed by atoms with Crippen LogP contribution in [0.2, 0.25) is 0 Å². The molecule has 2 unspecified atom stereocenters. The van der Waals surface area contributed by atoms with Gasteiger partial charge in [-0.25, -0.2) is 4.57 Å². The van der Waals surface area contributed by atoms with Crippen LogP contribution in [0.15, 0.2) is 24.3 Å². The van der Waals surface area contributed by atoms with Crippen molar-refractivity contribution in [2.45, 2.75) is 213 Å². The van der Waals surface area contributed by atoms with Crippen molar-refractivity contribution in [2.24, 2.45) is 0 Å². The summed E-state index contributed by atoms with van der Waals surface area (Å²) in [6.07, 6.45) is 37.5. The van der Waals surface area contributed by atoms with Gasteiger partial charge in [-0.2, -0.15) is 0 Å². The summed E-state index contributed by atoms with van der Waals surface area (Å²) in [6.45, 7) is 3.07. The normalized spacial score (nSPS) is 13.2. The van der Waals surface area contributed by atoms with Gasteiger partial charge in [0.25, 0.3) is 0 Å². The summed E-state index contributed by atoms with van der Waals surface area (Å²) in [6, 6.07) is 0. The number of carbonyl (C=O) groups excluding carboxylic acids is 3. The lowest BCUT2D eigenvalue weighted by molar-refractivity contribution is -0.161. The summed E-state index contributed by atoms with van der Waals surface area (Å²) in [4.78, 5) is 57.6. The number of allylic oxidation sites excluding steroid dienone is 4. The van der Waals surface area contributed by atoms with E-state index in [1.165, 1.54) is 77.0 Å². The molecule has 0 spiro atoms. The van der Waals surface area contributed by atoms with Crippen molar-refractivity contribution in [3.63, 3.8) is 0 Å². The first kappa shape index (κ1) is 55.5. The maximum Gasteiger partial charge on any atom is 0.472 e. The van der Waals surface area contributed by atoms with Crippen molar-refractivity contribution in [1.82, 2.24) is 5.32 Å². The van der Waals surface area contributed by atoms with E-state index in [0.717, 1.165) is 77.0 Å². The Balaban J connectivity index is 4.52. The topological polar surface area (TPSA) is 175 Å². The van der Waals surface area contributed by atoms with Gasteiger partial charge < -0.3 is 24.8 Å². The molecule has 0 bridgehead atoms. The smallest absolute Gasteiger partial charge is 0.472 e. The summed E-state index contributed by atoms with van der Waals surface area (Å²) < 4.78 is 33.3. The first-order chi connectivity index (χ1) is 28.1. The monoisotopic (exact) mass is 844 g/mol. The fourth-order valence-corrected chi connectivity index (χ4v) is 6.93. The number of aliphatic carboxylic acids is 1. The number of ether oxygens (including phenoxy) is 2. The zero-order chi connectivity index (χ0) is 42.8. The van der Waals surface area contributed by atoms with Crippen LogP contribution in [0.4, 0.5) is 0 Å². The van der Waals surface area contributed by atoms with Gasteiger partial charge in [0.1, 0.15) is 6.61 Å². The van der Waals surface area contributed by atoms with E-state index in [9.17, 15) is 28.6 Å². The average molecular weight is 844 g/mol. The number of unbranched alkanes of at least 4 members (excludes halogenated alkanes) is 22. The highest BCUT2D eigenvalue weighted by atomic mass is 31.2. The lowest BCUT2D eigenvalue weighted by Gasteiger charge is -2.20. The predicted molar refractivity (Wildman–Crippen MR) is 231 cm³/mol. The number of amides is 1. The SMILES string of the molecule is CCCCCCCC/C=C\CCCCCCCC(=O)OCC(COP(=O)(O)OCCNC(=O)CCC(=O)O)OC(=O)CCCCCCC/C=C\CCCCCCCC. The molecule has 0 aromatic rings. The van der Waals surface area contributed by atoms with Gasteiger partial charge in [-0.1, -0.05) is 141 Å². The third-order valence-corrected chi connectivity index (χ3v) is 10.7. The molecule has 13 heteroatoms. The third kappa shape index (κ3) is 41.6. The zero-order valence-corrected chi connectivity index (χ0v) is 37.3. The van der Waals surface area contributed by atoms with E-state index in [-0.39, 0.29) is 45.4 Å². The Morgan fingerprint density at radius 1 is 0.552 bits per heavy atom. The van der Waals surface area contributed by atoms with Crippen molar-refractivity contribution in [1.29, 1.82) is 0 Å². The molecule has 3 N–H and O–H groups in total. The number of rotatable bonds is 43. The molecule has 1 amide bonds. The number of carboxylic acid groups (broad SMARTS) is 1. The number of carboxylic acids is 1. The molecule has 0 radical (unpaired) electrons. The highest BCUT2D eigenvalue weighted by molar-refractivity contribution is 7.47. The molecule has 58 heavy (non-hydrogen) atoms. The Hall–Kier alpha value is -2.53. The van der Waals surface area contributed by atoms with Crippen molar-refractivity contribution >= 4 is 31.6 Å². The Morgan fingerprint density at radius 3 is 1.45 bits per heavy atom. The molecule has 0 aromatic heterocycles. The molecule has 338 valence electrons. The predicted octanol–water partition coefficient (Wildman–Crippen LogP) is 11.6. The molecule has 0 saturated carbocycles. The Labute approximate surface area is 351 Å². The molecular formula is C45H82NO11P. The van der Waals surface area contributed by atoms with Crippen molar-refractivity contribution < 1.29 is 52.3 Å². The van der Waals surface area contributed by atoms with Crippen LogP contribution in [0.25, 0.3) is 0 Å². The van der Waals surface area contributed by atoms with Gasteiger partial charge in [-0.15, -0.1) is 0 Å². The second kappa shape index (κ2) is 41.2. The van der Waals surface area contributed by atoms with Gasteiger partial charge in [-0.3, -0.25) is 28.2 Å². The number of phosphoric ester groups is 1. The lowest BCUT2D eigenvalue weighted by atomic mass is 10.1. The van der Waals surface area contributed by atoms with E-state index < -0.39 is 44.3 Å². The number of hydrogen-bond acceptors (Lipinski definition) is 9. The van der Waals surface area contributed by atoms with Gasteiger partial charge in [0, 0.05) is 25.8 Å². The molecule has 0 saturated heterocycles. The molecule has 0 aliphatic heterocycles. The van der Waals surface area contributed by atoms with E-state index in [2.05, 4.69) is 43.5 Å². The van der Waals surface area contributed by atoms with E-state index in [1.54, 1.807) is 0 Å². The number of hydrogen-bond donors (Lipinski definition) is 3. The van der Waals surface area contributed by atoms with Crippen LogP contribution in [-0.2, 0) is 42.3 Å². The largest absolute Gasteiger partial charge is 0.481 e. The molecule has 0 heterocycles. The molecule has 2 atom stereocenters. The van der Waals surface area contributed by atoms with Crippen LogP contribution in [0.1, 0.15) is 206 Å². The van der Waals surface area contributed by atoms with Crippen LogP contribution in [-0.4, -0.2) is 66.3 Å². The minimum absolute atomic E-state index is 0.144. The van der Waals surface area contributed by atoms with Crippen LogP contribution < -0.4 is 5.32 Å². The van der Waals surface area contributed by atoms with Gasteiger partial charge >= 0.3 is 25.7 Å². The minimum atomic E-state index is -4.61. The fraction of sp³-hybridized carbons (Fsp3) is 0.822. The first-order valence-electron chi connectivity index (χ1n) is 22.8. The Bertz CT molecular complexity index is 1130. The van der Waals surface area contributed by atoms with E-state index in [4.69, 9.17) is 23.6 Å². The second-order valence-electron chi connectivity index (χ2n) is 15.3. The van der Waals surface area contributed by atoms with Crippen molar-refractivity contribution in [3.8, 4) is 0 Å². The molecule has 0 aromatic carbocycles. The summed E-state index contributed by atoms with van der Waals surface area (Å²) >= 11 is 0. The summed E-state index contributed by atoms with van der Waals surface area (Å²) in [5.41, 5.74) is 0. The van der Waals surface area contributed by atoms with E-state index >= 15 is 0 Å². The van der Waals surface area contributed by atoms with Crippen LogP contribution in [0, 0.1) is 0 Å². The van der Waals surface area contributed by atoms with Gasteiger partial charge in [0.2, 0.25) is 5.91 Å². The Kier molecular flexibility index (Phi) is 39.4. The highest BCUT2D eigenvalue weighted by Crippen LogP contribution is 2.43. The van der Waals surface area contributed by atoms with Crippen molar-refractivity contribution in [3.05, 3.63) is 24.3 Å². The number of nitrogens with one attached hydrogen (secondary N) is 1. The molecule has 0 fully saturated rings. The Morgan fingerprint density at radius 2 is 0.983 bits per heavy atom. The van der Waals surface area contributed by atoms with Crippen LogP contribution in [0.3, 0.4) is 0 Å². The molecule has 12 nitrogen and oxygen atoms in total. The average Bonchev–Trinajstić information content (AvgIpc) is 3.19. The van der Waals surface area contributed by atoms with Gasteiger partial charge in [0.15, 0.2) is 6.10 Å². The van der Waals surface area contributed by atoms with Gasteiger partial charge in [-0.05, 0) is 64.2 Å². The number of phosphoric acid groups is 1. The third-order valence-electron chi connectivity index (χ3n) is 9.68. The van der Waals surface area contributed by atoms with Crippen LogP contribution >= 0.6 is 7.82 Å². The first-order valence-corrected chi connectivity index (χ1v) is 24.3. The van der Waals surface area contributed by atoms with Gasteiger partial charge in [0.05, 0.1) is 19.6 Å². The second-order valence-corrected chi connectivity index (χ2v) is 16.8. The van der Waals surface area contributed by atoms with E-state index in [1.807, 2.05) is 0 Å². The molecular weight excluding hydrogens is 761 g/mol. The minimum Gasteiger partial charge on any atom is -0.481 e. The van der Waals surface area contributed by atoms with Crippen LogP contribution in [0.5, 0.6) is 0 Å². The molecule has 0 rings (SSSR count). The quantitative estimate of drug-likeness (QED) is 0.0230. The number of esters is 2. The van der Waals surface area contributed by atoms with E-state index in [0.29, 0.717) is 12.8 Å². The van der Waals surface area contributed by atoms with Crippen molar-refractivity contribution in [2.75, 3.05) is 26.4 Å². The lowest BCUT2D eigenvalue weighted by Crippen LogP contribution is -2.30. The fourth-order valence-electron chi connectivity index (χ4n) is 6.17. The maximum absolute atomic E-state index is 12.7. The zero-order valence-electron chi connectivity index (χ0n) is 36.4. The summed E-state index contributed by atoms with van der Waals surface area (Å²) in [7, 11) is -4.61.